The molecule has 0 bridgehead atoms. The van der Waals surface area contributed by atoms with Gasteiger partial charge in [-0.3, -0.25) is 0 Å². The Morgan fingerprint density at radius 3 is 2.70 bits per heavy atom. The van der Waals surface area contributed by atoms with Gasteiger partial charge in [-0.2, -0.15) is 0 Å². The molecule has 1 N–H and O–H groups in total. The van der Waals surface area contributed by atoms with Gasteiger partial charge in [-0.1, -0.05) is 6.08 Å². The standard InChI is InChI=1S/C7H10ClNO/c1-10-7(6-8)4-2-3-5-9-7/h2-5,9H,6H2,1H3. The van der Waals surface area contributed by atoms with Crippen molar-refractivity contribution in [2.75, 3.05) is 13.0 Å². The molecule has 1 aliphatic heterocycles. The lowest BCUT2D eigenvalue weighted by Gasteiger charge is -2.28. The number of hydrogen-bond donors (Lipinski definition) is 1. The van der Waals surface area contributed by atoms with Crippen LogP contribution in [-0.2, 0) is 4.74 Å². The van der Waals surface area contributed by atoms with Gasteiger partial charge in [0, 0.05) is 7.11 Å². The van der Waals surface area contributed by atoms with Crippen LogP contribution in [0.25, 0.3) is 0 Å². The third-order valence-corrected chi connectivity index (χ3v) is 1.86. The van der Waals surface area contributed by atoms with Crippen LogP contribution in [-0.4, -0.2) is 18.7 Å². The smallest absolute Gasteiger partial charge is 0.171 e. The van der Waals surface area contributed by atoms with Crippen molar-refractivity contribution in [1.82, 2.24) is 5.32 Å². The van der Waals surface area contributed by atoms with Gasteiger partial charge < -0.3 is 10.1 Å². The summed E-state index contributed by atoms with van der Waals surface area (Å²) in [6.07, 6.45) is 7.50. The minimum absolute atomic E-state index is 0.407. The van der Waals surface area contributed by atoms with Gasteiger partial charge in [-0.05, 0) is 18.4 Å². The van der Waals surface area contributed by atoms with Gasteiger partial charge in [0.2, 0.25) is 0 Å². The van der Waals surface area contributed by atoms with E-state index in [4.69, 9.17) is 16.3 Å². The van der Waals surface area contributed by atoms with Crippen molar-refractivity contribution >= 4 is 11.6 Å². The molecule has 1 atom stereocenters. The van der Waals surface area contributed by atoms with E-state index < -0.39 is 5.72 Å². The molecule has 0 aromatic rings. The van der Waals surface area contributed by atoms with Crippen molar-refractivity contribution in [2.24, 2.45) is 0 Å². The molecule has 1 rings (SSSR count). The summed E-state index contributed by atoms with van der Waals surface area (Å²) in [5.41, 5.74) is -0.490. The third-order valence-electron chi connectivity index (χ3n) is 1.46. The molecule has 0 aromatic heterocycles. The highest BCUT2D eigenvalue weighted by Crippen LogP contribution is 2.13. The highest BCUT2D eigenvalue weighted by atomic mass is 35.5. The molecule has 0 spiro atoms. The number of ether oxygens (including phenoxy) is 1. The van der Waals surface area contributed by atoms with Crippen molar-refractivity contribution < 1.29 is 4.74 Å². The fourth-order valence-corrected chi connectivity index (χ4v) is 1.04. The summed E-state index contributed by atoms with van der Waals surface area (Å²) in [6.45, 7) is 0. The molecule has 0 fully saturated rings. The molecule has 2 nitrogen and oxygen atoms in total. The van der Waals surface area contributed by atoms with E-state index in [0.29, 0.717) is 5.88 Å². The maximum atomic E-state index is 5.66. The Kier molecular flexibility index (Phi) is 2.35. The van der Waals surface area contributed by atoms with Crippen molar-refractivity contribution in [3.8, 4) is 0 Å². The number of alkyl halides is 1. The first-order valence-corrected chi connectivity index (χ1v) is 3.60. The van der Waals surface area contributed by atoms with Crippen LogP contribution in [0, 0.1) is 0 Å². The highest BCUT2D eigenvalue weighted by molar-refractivity contribution is 6.18. The van der Waals surface area contributed by atoms with Gasteiger partial charge in [0.15, 0.2) is 5.72 Å². The summed E-state index contributed by atoms with van der Waals surface area (Å²) in [6, 6.07) is 0. The fraction of sp³-hybridized carbons (Fsp3) is 0.429. The number of hydrogen-bond acceptors (Lipinski definition) is 2. The van der Waals surface area contributed by atoms with Crippen LogP contribution in [0.2, 0.25) is 0 Å². The molecular formula is C7H10ClNO. The summed E-state index contributed by atoms with van der Waals surface area (Å²) >= 11 is 5.66. The molecule has 1 unspecified atom stereocenters. The quantitative estimate of drug-likeness (QED) is 0.613. The van der Waals surface area contributed by atoms with E-state index in [1.807, 2.05) is 24.4 Å². The molecule has 0 saturated heterocycles. The SMILES string of the molecule is COC1(CCl)C=CC=CN1. The Bertz CT molecular complexity index is 161. The average Bonchev–Trinajstić information content (AvgIpc) is 2.06. The zero-order chi connectivity index (χ0) is 7.45. The van der Waals surface area contributed by atoms with E-state index in [9.17, 15) is 0 Å². The molecule has 1 aliphatic rings. The van der Waals surface area contributed by atoms with Crippen LogP contribution >= 0.6 is 11.6 Å². The van der Waals surface area contributed by atoms with Crippen LogP contribution in [0.15, 0.2) is 24.4 Å². The van der Waals surface area contributed by atoms with Crippen LogP contribution in [0.4, 0.5) is 0 Å². The fourth-order valence-electron chi connectivity index (χ4n) is 0.768. The largest absolute Gasteiger partial charge is 0.360 e. The lowest BCUT2D eigenvalue weighted by molar-refractivity contribution is 0.0328. The van der Waals surface area contributed by atoms with E-state index in [1.54, 1.807) is 7.11 Å². The molecule has 0 radical (unpaired) electrons. The van der Waals surface area contributed by atoms with Gasteiger partial charge in [-0.15, -0.1) is 11.6 Å². The molecule has 0 aromatic carbocycles. The first-order chi connectivity index (χ1) is 4.83. The maximum absolute atomic E-state index is 5.66. The molecule has 1 heterocycles. The Hall–Kier alpha value is -0.470. The first-order valence-electron chi connectivity index (χ1n) is 3.06. The lowest BCUT2D eigenvalue weighted by atomic mass is 10.2. The van der Waals surface area contributed by atoms with Gasteiger partial charge in [0.1, 0.15) is 0 Å². The zero-order valence-electron chi connectivity index (χ0n) is 5.80. The van der Waals surface area contributed by atoms with Gasteiger partial charge in [0.25, 0.3) is 0 Å². The number of methoxy groups -OCH3 is 1. The number of rotatable bonds is 2. The third kappa shape index (κ3) is 1.33. The molecular weight excluding hydrogens is 150 g/mol. The van der Waals surface area contributed by atoms with Crippen molar-refractivity contribution in [3.63, 3.8) is 0 Å². The second-order valence-corrected chi connectivity index (χ2v) is 2.36. The van der Waals surface area contributed by atoms with Crippen LogP contribution in [0.1, 0.15) is 0 Å². The lowest BCUT2D eigenvalue weighted by Crippen LogP contribution is -2.45. The van der Waals surface area contributed by atoms with E-state index in [1.165, 1.54) is 0 Å². The number of dihydropyridines is 1. The normalized spacial score (nSPS) is 30.2. The summed E-state index contributed by atoms with van der Waals surface area (Å²) in [5.74, 6) is 0.407. The minimum Gasteiger partial charge on any atom is -0.360 e. The Balaban J connectivity index is 2.66. The van der Waals surface area contributed by atoms with E-state index in [2.05, 4.69) is 5.32 Å². The van der Waals surface area contributed by atoms with E-state index in [0.717, 1.165) is 0 Å². The summed E-state index contributed by atoms with van der Waals surface area (Å²) in [5, 5.41) is 3.01. The number of halogens is 1. The Morgan fingerprint density at radius 1 is 1.60 bits per heavy atom. The molecule has 3 heteroatoms. The Morgan fingerprint density at radius 2 is 2.40 bits per heavy atom. The summed E-state index contributed by atoms with van der Waals surface area (Å²) in [4.78, 5) is 0. The Labute approximate surface area is 65.5 Å². The number of allylic oxidation sites excluding steroid dienone is 2. The highest BCUT2D eigenvalue weighted by Gasteiger charge is 2.24. The predicted octanol–water partition coefficient (Wildman–Crippen LogP) is 1.24. The second kappa shape index (κ2) is 3.08. The second-order valence-electron chi connectivity index (χ2n) is 2.09. The monoisotopic (exact) mass is 159 g/mol. The molecule has 56 valence electrons. The van der Waals surface area contributed by atoms with Gasteiger partial charge in [-0.25, -0.2) is 0 Å². The van der Waals surface area contributed by atoms with E-state index in [-0.39, 0.29) is 0 Å². The van der Waals surface area contributed by atoms with Crippen molar-refractivity contribution in [1.29, 1.82) is 0 Å². The minimum atomic E-state index is -0.490. The molecule has 0 saturated carbocycles. The average molecular weight is 160 g/mol. The zero-order valence-corrected chi connectivity index (χ0v) is 6.56. The van der Waals surface area contributed by atoms with Gasteiger partial charge in [0.05, 0.1) is 5.88 Å². The van der Waals surface area contributed by atoms with Crippen LogP contribution in [0.3, 0.4) is 0 Å². The van der Waals surface area contributed by atoms with Crippen molar-refractivity contribution in [3.05, 3.63) is 24.4 Å². The molecule has 0 amide bonds. The predicted molar refractivity (Wildman–Crippen MR) is 41.9 cm³/mol. The molecule has 10 heavy (non-hydrogen) atoms. The molecule has 0 aliphatic carbocycles. The van der Waals surface area contributed by atoms with Gasteiger partial charge >= 0.3 is 0 Å². The van der Waals surface area contributed by atoms with Crippen LogP contribution < -0.4 is 5.32 Å². The first kappa shape index (κ1) is 7.63. The maximum Gasteiger partial charge on any atom is 0.171 e. The van der Waals surface area contributed by atoms with Crippen LogP contribution in [0.5, 0.6) is 0 Å². The summed E-state index contributed by atoms with van der Waals surface area (Å²) in [7, 11) is 1.62. The van der Waals surface area contributed by atoms with Crippen molar-refractivity contribution in [2.45, 2.75) is 5.72 Å². The number of nitrogens with one attached hydrogen (secondary N) is 1. The van der Waals surface area contributed by atoms with E-state index >= 15 is 0 Å². The topological polar surface area (TPSA) is 21.3 Å². The summed E-state index contributed by atoms with van der Waals surface area (Å²) < 4.78 is 5.15.